The molecule has 0 spiro atoms. The predicted molar refractivity (Wildman–Crippen MR) is 392 cm³/mol. The van der Waals surface area contributed by atoms with Gasteiger partial charge >= 0.3 is 36.6 Å². The van der Waals surface area contributed by atoms with Crippen LogP contribution in [0.1, 0.15) is 68.9 Å². The highest BCUT2D eigenvalue weighted by Gasteiger charge is 2.33. The monoisotopic (exact) mass is 1550 g/mol. The minimum Gasteiger partial charge on any atom is -0.364 e. The number of aryl methyl sites for hydroxylation is 3. The molecule has 0 saturated heterocycles. The van der Waals surface area contributed by atoms with Crippen LogP contribution < -0.4 is 49.1 Å². The van der Waals surface area contributed by atoms with Gasteiger partial charge in [-0.2, -0.15) is 54.8 Å². The Morgan fingerprint density at radius 1 is 0.378 bits per heavy atom. The fourth-order valence-electron chi connectivity index (χ4n) is 10.6. The highest BCUT2D eigenvalue weighted by molar-refractivity contribution is 6.34. The lowest BCUT2D eigenvalue weighted by Gasteiger charge is -2.12. The van der Waals surface area contributed by atoms with Crippen molar-refractivity contribution in [3.63, 3.8) is 0 Å². The second-order valence-electron chi connectivity index (χ2n) is 23.6. The van der Waals surface area contributed by atoms with E-state index in [9.17, 15) is 72.7 Å². The van der Waals surface area contributed by atoms with Crippen LogP contribution in [0, 0.1) is 11.6 Å². The zero-order valence-corrected chi connectivity index (χ0v) is 58.7. The molecule has 0 aliphatic carbocycles. The normalized spacial score (nSPS) is 11.3. The first-order valence-electron chi connectivity index (χ1n) is 32.8. The average Bonchev–Trinajstić information content (AvgIpc) is 1.68. The molecular weight excluding hydrogens is 1490 g/mol. The number of benzene rings is 6. The number of alkyl halides is 9. The van der Waals surface area contributed by atoms with Crippen molar-refractivity contribution in [3.05, 3.63) is 251 Å². The van der Waals surface area contributed by atoms with E-state index in [0.29, 0.717) is 81.2 Å². The lowest BCUT2D eigenvalue weighted by Crippen LogP contribution is -2.20. The van der Waals surface area contributed by atoms with Gasteiger partial charge in [0.1, 0.15) is 40.0 Å². The Morgan fingerprint density at radius 2 is 0.712 bits per heavy atom. The molecule has 0 unspecified atom stereocenters. The van der Waals surface area contributed by atoms with Crippen LogP contribution in [0.3, 0.4) is 0 Å². The quantitative estimate of drug-likeness (QED) is 0.0362. The molecule has 6 heterocycles. The molecule has 0 bridgehead atoms. The molecule has 24 nitrogen and oxygen atoms in total. The van der Waals surface area contributed by atoms with Gasteiger partial charge in [-0.1, -0.05) is 35.9 Å². The number of rotatable bonds is 18. The van der Waals surface area contributed by atoms with Crippen LogP contribution >= 0.6 is 11.6 Å². The summed E-state index contributed by atoms with van der Waals surface area (Å²) in [5.74, 6) is -3.59. The molecule has 36 heteroatoms. The third-order valence-electron chi connectivity index (χ3n) is 16.1. The maximum Gasteiger partial charge on any atom is 0.416 e. The van der Waals surface area contributed by atoms with E-state index in [2.05, 4.69) is 62.1 Å². The fraction of sp³-hybridized carbons (Fsp3) is 0.120. The summed E-state index contributed by atoms with van der Waals surface area (Å²) in [7, 11) is 0. The van der Waals surface area contributed by atoms with Gasteiger partial charge in [0.2, 0.25) is 0 Å². The fourth-order valence-corrected chi connectivity index (χ4v) is 10.8. The molecule has 12 aromatic rings. The first-order valence-corrected chi connectivity index (χ1v) is 33.2. The molecular formula is C75H60ClF11N18O6. The molecule has 0 aliphatic rings. The number of carbonyl (C=O) groups excluding carboxylic acids is 6. The summed E-state index contributed by atoms with van der Waals surface area (Å²) in [5.41, 5.74) is 20.0. The van der Waals surface area contributed by atoms with E-state index in [1.807, 2.05) is 27.0 Å². The van der Waals surface area contributed by atoms with E-state index in [0.717, 1.165) is 78.9 Å². The molecule has 0 saturated carbocycles. The Hall–Kier alpha value is -13.9. The van der Waals surface area contributed by atoms with Crippen molar-refractivity contribution in [2.75, 3.05) is 31.9 Å². The van der Waals surface area contributed by atoms with Crippen LogP contribution in [0.25, 0.3) is 67.2 Å². The van der Waals surface area contributed by atoms with E-state index in [1.54, 1.807) is 68.9 Å². The van der Waals surface area contributed by atoms with Crippen molar-refractivity contribution < 1.29 is 77.1 Å². The number of primary amides is 3. The summed E-state index contributed by atoms with van der Waals surface area (Å²) in [5, 5.41) is 28.4. The number of nitrogens with two attached hydrogens (primary N) is 3. The summed E-state index contributed by atoms with van der Waals surface area (Å²) >= 11 is 6.30. The molecule has 111 heavy (non-hydrogen) atoms. The number of halogens is 12. The largest absolute Gasteiger partial charge is 0.416 e. The Balaban J connectivity index is 0.000000177. The summed E-state index contributed by atoms with van der Waals surface area (Å²) in [6.45, 7) is 7.24. The molecule has 0 aliphatic heterocycles. The molecule has 0 fully saturated rings. The molecule has 570 valence electrons. The molecule has 0 radical (unpaired) electrons. The summed E-state index contributed by atoms with van der Waals surface area (Å²) < 4.78 is 150. The maximum atomic E-state index is 15.6. The van der Waals surface area contributed by atoms with E-state index in [1.165, 1.54) is 61.1 Å². The number of urea groups is 3. The van der Waals surface area contributed by atoms with E-state index >= 15 is 4.39 Å². The minimum absolute atomic E-state index is 0.0188. The van der Waals surface area contributed by atoms with Crippen molar-refractivity contribution in [1.82, 2.24) is 44.3 Å². The van der Waals surface area contributed by atoms with E-state index in [-0.39, 0.29) is 61.8 Å². The molecule has 6 aromatic heterocycles. The van der Waals surface area contributed by atoms with Gasteiger partial charge in [-0.15, -0.1) is 0 Å². The van der Waals surface area contributed by atoms with Crippen LogP contribution in [0.5, 0.6) is 0 Å². The Morgan fingerprint density at radius 3 is 1.07 bits per heavy atom. The second-order valence-corrected chi connectivity index (χ2v) is 24.0. The van der Waals surface area contributed by atoms with Crippen LogP contribution in [-0.4, -0.2) is 80.1 Å². The Kier molecular flexibility index (Phi) is 24.4. The van der Waals surface area contributed by atoms with Crippen molar-refractivity contribution in [1.29, 1.82) is 0 Å². The molecule has 9 amide bonds. The van der Waals surface area contributed by atoms with Crippen molar-refractivity contribution in [3.8, 4) is 67.2 Å². The third-order valence-corrected chi connectivity index (χ3v) is 16.4. The number of pyridine rings is 3. The minimum atomic E-state index is -4.51. The van der Waals surface area contributed by atoms with Gasteiger partial charge in [0.25, 0.3) is 17.7 Å². The van der Waals surface area contributed by atoms with Crippen molar-refractivity contribution >= 4 is 81.5 Å². The van der Waals surface area contributed by atoms with Gasteiger partial charge in [0.05, 0.1) is 38.8 Å². The van der Waals surface area contributed by atoms with Gasteiger partial charge in [-0.3, -0.25) is 43.4 Å². The molecule has 12 N–H and O–H groups in total. The van der Waals surface area contributed by atoms with Gasteiger partial charge in [0, 0.05) is 113 Å². The lowest BCUT2D eigenvalue weighted by atomic mass is 10.0. The zero-order valence-electron chi connectivity index (χ0n) is 57.9. The van der Waals surface area contributed by atoms with Gasteiger partial charge < -0.3 is 49.1 Å². The predicted octanol–water partition coefficient (Wildman–Crippen LogP) is 17.1. The molecule has 0 atom stereocenters. The Labute approximate surface area is 626 Å². The number of hydrogen-bond acceptors (Lipinski definition) is 12. The SMILES string of the molecule is CCn1cc(-c2ccc(Cl)c(NC(=O)Nc3ccc(C(F)(F)F)cc3)c2)c(-c2ccnc(C(N)=O)c2)n1.CCn1cc(-c2ccc(F)c(NC(=O)Nc3ccc(C(F)(F)F)cc3)c2)c(-c2ccnc(C(N)=O)c2)n1.CCn1cc(-c2cccc(NC(=O)Nc3ccc(C(F)(F)F)cc3)c2F)c(-c2ccnc(C(N)=O)c2)n1. The maximum absolute atomic E-state index is 15.6. The van der Waals surface area contributed by atoms with Gasteiger partial charge in [-0.25, -0.2) is 23.2 Å². The zero-order chi connectivity index (χ0) is 80.2. The summed E-state index contributed by atoms with van der Waals surface area (Å²) in [6, 6.07) is 32.2. The smallest absolute Gasteiger partial charge is 0.364 e. The summed E-state index contributed by atoms with van der Waals surface area (Å²) in [4.78, 5) is 83.9. The Bertz CT molecular complexity index is 5140. The number of aromatic nitrogens is 9. The highest BCUT2D eigenvalue weighted by Crippen LogP contribution is 2.40. The number of amides is 9. The van der Waals surface area contributed by atoms with E-state index in [4.69, 9.17) is 28.8 Å². The topological polar surface area (TPSA) is 345 Å². The number of hydrogen-bond donors (Lipinski definition) is 9. The first kappa shape index (κ1) is 79.7. The van der Waals surface area contributed by atoms with Crippen LogP contribution in [0.15, 0.2) is 201 Å². The number of anilines is 6. The van der Waals surface area contributed by atoms with Crippen LogP contribution in [-0.2, 0) is 38.2 Å². The van der Waals surface area contributed by atoms with Crippen molar-refractivity contribution in [2.24, 2.45) is 17.2 Å². The summed E-state index contributed by atoms with van der Waals surface area (Å²) in [6.07, 6.45) is -4.03. The number of nitrogens with one attached hydrogen (secondary N) is 6. The van der Waals surface area contributed by atoms with Gasteiger partial charge in [0.15, 0.2) is 5.82 Å². The lowest BCUT2D eigenvalue weighted by molar-refractivity contribution is -0.138. The van der Waals surface area contributed by atoms with Crippen LogP contribution in [0.4, 0.5) is 96.8 Å². The third kappa shape index (κ3) is 20.1. The number of carbonyl (C=O) groups is 6. The van der Waals surface area contributed by atoms with E-state index < -0.39 is 82.7 Å². The standard InChI is InChI=1S/C25H20ClF3N6O2.2C25H20F4N6O2/c2*1-2-35-13-18(22(34-35)15-9-10-31-21(12-15)23(30)36)14-3-8-19(26)20(11-14)33-24(37)32-17-6-4-16(5-7-17)25(27,28)29;1-2-35-13-18(22(34-35)14-10-11-31-20(12-14)23(30)36)17-4-3-5-19(21(17)26)33-24(37)32-16-8-6-15(7-9-16)25(27,28)29/h3*3-13H,2H2,1H3,(H2,30,36)(H2,32,33,37). The molecule has 6 aromatic carbocycles. The van der Waals surface area contributed by atoms with Crippen molar-refractivity contribution in [2.45, 2.75) is 58.9 Å². The van der Waals surface area contributed by atoms with Crippen LogP contribution in [0.2, 0.25) is 5.02 Å². The second kappa shape index (κ2) is 33.9. The molecule has 12 rings (SSSR count). The number of nitrogens with zero attached hydrogens (tertiary/aromatic N) is 9. The average molecular weight is 1550 g/mol. The van der Waals surface area contributed by atoms with Gasteiger partial charge in [-0.05, 0) is 171 Å². The first-order chi connectivity index (χ1) is 52.7. The highest BCUT2D eigenvalue weighted by atomic mass is 35.5.